The number of halogens is 1. The van der Waals surface area contributed by atoms with E-state index in [1.165, 1.54) is 0 Å². The molecule has 0 aliphatic heterocycles. The molecule has 0 bridgehead atoms. The average molecular weight is 411 g/mol. The number of hydrogen-bond donors (Lipinski definition) is 1. The number of nitrogens with one attached hydrogen (secondary N) is 1. The third-order valence-electron chi connectivity index (χ3n) is 3.84. The second kappa shape index (κ2) is 8.23. The fraction of sp³-hybridized carbons (Fsp3) is 0.389. The fourth-order valence-corrected chi connectivity index (χ4v) is 4.13. The minimum Gasteiger partial charge on any atom is -0.319 e. The first kappa shape index (κ1) is 19.1. The zero-order valence-electron chi connectivity index (χ0n) is 14.2. The highest BCUT2D eigenvalue weighted by Gasteiger charge is 2.20. The summed E-state index contributed by atoms with van der Waals surface area (Å²) < 4.78 is 26.4. The van der Waals surface area contributed by atoms with Crippen LogP contribution < -0.4 is 5.32 Å². The Hall–Kier alpha value is -1.24. The van der Waals surface area contributed by atoms with E-state index < -0.39 is 9.84 Å². The van der Waals surface area contributed by atoms with Crippen molar-refractivity contribution in [2.24, 2.45) is 5.92 Å². The summed E-state index contributed by atoms with van der Waals surface area (Å²) in [6.45, 7) is 5.02. The number of nitrogens with zero attached hydrogens (tertiary/aromatic N) is 1. The molecule has 0 amide bonds. The quantitative estimate of drug-likeness (QED) is 0.754. The van der Waals surface area contributed by atoms with Crippen LogP contribution in [-0.2, 0) is 16.3 Å². The number of aryl methyl sites for hydroxylation is 2. The smallest absolute Gasteiger partial charge is 0.223 e. The molecule has 4 nitrogen and oxygen atoms in total. The highest BCUT2D eigenvalue weighted by Crippen LogP contribution is 2.23. The highest BCUT2D eigenvalue weighted by atomic mass is 79.9. The van der Waals surface area contributed by atoms with Crippen molar-refractivity contribution in [1.29, 1.82) is 0 Å². The maximum absolute atomic E-state index is 12.8. The lowest BCUT2D eigenvalue weighted by atomic mass is 10.0. The molecule has 0 saturated carbocycles. The lowest BCUT2D eigenvalue weighted by Crippen LogP contribution is -2.17. The van der Waals surface area contributed by atoms with Crippen molar-refractivity contribution in [2.75, 3.05) is 13.6 Å². The van der Waals surface area contributed by atoms with Crippen molar-refractivity contribution in [2.45, 2.75) is 36.6 Å². The van der Waals surface area contributed by atoms with Crippen LogP contribution in [0.15, 0.2) is 50.8 Å². The number of benzene rings is 1. The normalized spacial score (nSPS) is 13.0. The Bertz CT molecular complexity index is 789. The molecule has 1 unspecified atom stereocenters. The second-order valence-electron chi connectivity index (χ2n) is 6.13. The first-order valence-corrected chi connectivity index (χ1v) is 10.2. The van der Waals surface area contributed by atoms with E-state index in [0.29, 0.717) is 5.92 Å². The van der Waals surface area contributed by atoms with Crippen LogP contribution in [0, 0.1) is 12.8 Å². The maximum Gasteiger partial charge on any atom is 0.223 e. The summed E-state index contributed by atoms with van der Waals surface area (Å²) >= 11 is 3.32. The first-order chi connectivity index (χ1) is 11.3. The van der Waals surface area contributed by atoms with Gasteiger partial charge in [-0.3, -0.25) is 0 Å². The number of rotatable bonds is 7. The zero-order valence-corrected chi connectivity index (χ0v) is 16.6. The Labute approximate surface area is 152 Å². The van der Waals surface area contributed by atoms with Gasteiger partial charge in [-0.25, -0.2) is 13.4 Å². The zero-order chi connectivity index (χ0) is 17.7. The Morgan fingerprint density at radius 2 is 1.88 bits per heavy atom. The molecule has 1 aromatic heterocycles. The van der Waals surface area contributed by atoms with E-state index in [-0.39, 0.29) is 9.92 Å². The molecular formula is C18H23BrN2O2S. The van der Waals surface area contributed by atoms with Crippen LogP contribution in [0.25, 0.3) is 0 Å². The van der Waals surface area contributed by atoms with Gasteiger partial charge in [0.05, 0.1) is 4.90 Å². The van der Waals surface area contributed by atoms with Crippen LogP contribution in [0.4, 0.5) is 0 Å². The predicted octanol–water partition coefficient (Wildman–Crippen LogP) is 3.77. The monoisotopic (exact) mass is 410 g/mol. The minimum atomic E-state index is -3.59. The van der Waals surface area contributed by atoms with Gasteiger partial charge < -0.3 is 5.32 Å². The van der Waals surface area contributed by atoms with Crippen LogP contribution in [-0.4, -0.2) is 27.0 Å². The number of aromatic nitrogens is 1. The van der Waals surface area contributed by atoms with E-state index in [0.717, 1.165) is 35.1 Å². The van der Waals surface area contributed by atoms with Gasteiger partial charge in [0, 0.05) is 10.2 Å². The Balaban J connectivity index is 2.28. The van der Waals surface area contributed by atoms with Crippen molar-refractivity contribution in [3.05, 3.63) is 52.1 Å². The predicted molar refractivity (Wildman–Crippen MR) is 100.0 cm³/mol. The van der Waals surface area contributed by atoms with Crippen molar-refractivity contribution >= 4 is 25.8 Å². The second-order valence-corrected chi connectivity index (χ2v) is 8.95. The van der Waals surface area contributed by atoms with E-state index in [2.05, 4.69) is 33.2 Å². The molecule has 0 radical (unpaired) electrons. The van der Waals surface area contributed by atoms with E-state index in [9.17, 15) is 8.42 Å². The van der Waals surface area contributed by atoms with Crippen molar-refractivity contribution in [3.8, 4) is 0 Å². The first-order valence-electron chi connectivity index (χ1n) is 7.95. The lowest BCUT2D eigenvalue weighted by molar-refractivity contribution is 0.501. The Morgan fingerprint density at radius 3 is 2.50 bits per heavy atom. The summed E-state index contributed by atoms with van der Waals surface area (Å²) in [5.41, 5.74) is 1.74. The van der Waals surface area contributed by atoms with Crippen LogP contribution in [0.3, 0.4) is 0 Å². The van der Waals surface area contributed by atoms with Crippen molar-refractivity contribution < 1.29 is 8.42 Å². The number of sulfone groups is 1. The summed E-state index contributed by atoms with van der Waals surface area (Å²) in [6, 6.07) is 10.2. The summed E-state index contributed by atoms with van der Waals surface area (Å²) in [6.07, 6.45) is 1.74. The van der Waals surface area contributed by atoms with E-state index in [4.69, 9.17) is 0 Å². The molecular weight excluding hydrogens is 388 g/mol. The van der Waals surface area contributed by atoms with Crippen LogP contribution in [0.2, 0.25) is 0 Å². The van der Waals surface area contributed by atoms with Gasteiger partial charge in [-0.2, -0.15) is 0 Å². The number of pyridine rings is 1. The van der Waals surface area contributed by atoms with Gasteiger partial charge in [0.1, 0.15) is 0 Å². The molecule has 6 heteroatoms. The molecule has 2 aromatic rings. The maximum atomic E-state index is 12.8. The van der Waals surface area contributed by atoms with Gasteiger partial charge in [0.15, 0.2) is 5.03 Å². The molecule has 130 valence electrons. The van der Waals surface area contributed by atoms with Gasteiger partial charge in [0.2, 0.25) is 9.84 Å². The van der Waals surface area contributed by atoms with Gasteiger partial charge in [-0.1, -0.05) is 22.9 Å². The molecule has 1 heterocycles. The van der Waals surface area contributed by atoms with Gasteiger partial charge in [-0.15, -0.1) is 0 Å². The van der Waals surface area contributed by atoms with E-state index in [1.807, 2.05) is 20.0 Å². The lowest BCUT2D eigenvalue weighted by Gasteiger charge is -2.12. The SMILES string of the molecule is CNCC(C)CCc1cc(C)cc(S(=O)(=O)c2ccc(Br)cc2)n1. The Kier molecular flexibility index (Phi) is 6.54. The molecule has 0 aliphatic carbocycles. The van der Waals surface area contributed by atoms with Crippen LogP contribution >= 0.6 is 15.9 Å². The van der Waals surface area contributed by atoms with Crippen LogP contribution in [0.1, 0.15) is 24.6 Å². The van der Waals surface area contributed by atoms with E-state index in [1.54, 1.807) is 30.3 Å². The van der Waals surface area contributed by atoms with Gasteiger partial charge >= 0.3 is 0 Å². The molecule has 0 spiro atoms. The summed E-state index contributed by atoms with van der Waals surface area (Å²) in [4.78, 5) is 4.68. The molecule has 24 heavy (non-hydrogen) atoms. The molecule has 0 fully saturated rings. The molecule has 1 aromatic carbocycles. The van der Waals surface area contributed by atoms with Crippen molar-refractivity contribution in [3.63, 3.8) is 0 Å². The molecule has 0 saturated heterocycles. The summed E-state index contributed by atoms with van der Waals surface area (Å²) in [7, 11) is -1.66. The third kappa shape index (κ3) is 4.88. The molecule has 1 atom stereocenters. The standard InChI is InChI=1S/C18H23BrN2O2S/c1-13(12-20-3)4-7-16-10-14(2)11-18(21-16)24(22,23)17-8-5-15(19)6-9-17/h5-6,8-11,13,20H,4,7,12H2,1-3H3. The highest BCUT2D eigenvalue weighted by molar-refractivity contribution is 9.10. The van der Waals surface area contributed by atoms with Gasteiger partial charge in [0.25, 0.3) is 0 Å². The number of hydrogen-bond acceptors (Lipinski definition) is 4. The minimum absolute atomic E-state index is 0.126. The molecule has 1 N–H and O–H groups in total. The topological polar surface area (TPSA) is 59.1 Å². The fourth-order valence-electron chi connectivity index (χ4n) is 2.55. The summed E-state index contributed by atoms with van der Waals surface area (Å²) in [5, 5.41) is 3.28. The largest absolute Gasteiger partial charge is 0.319 e. The Morgan fingerprint density at radius 1 is 1.21 bits per heavy atom. The average Bonchev–Trinajstić information content (AvgIpc) is 2.53. The molecule has 2 rings (SSSR count). The molecule has 0 aliphatic rings. The van der Waals surface area contributed by atoms with Crippen LogP contribution in [0.5, 0.6) is 0 Å². The third-order valence-corrected chi connectivity index (χ3v) is 6.03. The summed E-state index contributed by atoms with van der Waals surface area (Å²) in [5.74, 6) is 0.517. The van der Waals surface area contributed by atoms with Gasteiger partial charge in [-0.05, 0) is 81.2 Å². The van der Waals surface area contributed by atoms with E-state index >= 15 is 0 Å². The van der Waals surface area contributed by atoms with Crippen molar-refractivity contribution in [1.82, 2.24) is 10.3 Å².